The first-order valence-electron chi connectivity index (χ1n) is 5.66. The Hall–Kier alpha value is -1.91. The quantitative estimate of drug-likeness (QED) is 0.836. The molecule has 0 radical (unpaired) electrons. The van der Waals surface area contributed by atoms with Crippen LogP contribution >= 0.6 is 0 Å². The van der Waals surface area contributed by atoms with Crippen molar-refractivity contribution in [2.45, 2.75) is 19.3 Å². The Morgan fingerprint density at radius 1 is 1.33 bits per heavy atom. The lowest BCUT2D eigenvalue weighted by Crippen LogP contribution is -2.39. The topological polar surface area (TPSA) is 73.6 Å². The average molecular weight is 252 g/mol. The Labute approximate surface area is 107 Å². The van der Waals surface area contributed by atoms with E-state index in [4.69, 9.17) is 15.2 Å². The third-order valence-corrected chi connectivity index (χ3v) is 2.84. The minimum atomic E-state index is -0.537. The summed E-state index contributed by atoms with van der Waals surface area (Å²) in [7, 11) is 3.23. The minimum absolute atomic E-state index is 0.311. The molecule has 0 atom stereocenters. The number of benzene rings is 1. The summed E-state index contributed by atoms with van der Waals surface area (Å²) in [5.74, 6) is 1.50. The zero-order valence-corrected chi connectivity index (χ0v) is 11.2. The molecule has 0 saturated heterocycles. The third-order valence-electron chi connectivity index (χ3n) is 2.84. The number of nitrogens with one attached hydrogen (secondary N) is 1. The molecule has 1 aromatic carbocycles. The Balaban J connectivity index is 3.07. The van der Waals surface area contributed by atoms with Crippen LogP contribution in [0.2, 0.25) is 0 Å². The van der Waals surface area contributed by atoms with Gasteiger partial charge in [-0.25, -0.2) is 4.79 Å². The van der Waals surface area contributed by atoms with Gasteiger partial charge in [-0.1, -0.05) is 13.8 Å². The molecule has 0 aliphatic carbocycles. The van der Waals surface area contributed by atoms with Crippen LogP contribution in [0.5, 0.6) is 11.5 Å². The van der Waals surface area contributed by atoms with E-state index < -0.39 is 6.03 Å². The van der Waals surface area contributed by atoms with Crippen LogP contribution in [-0.2, 0) is 5.41 Å². The predicted octanol–water partition coefficient (Wildman–Crippen LogP) is 1.65. The van der Waals surface area contributed by atoms with E-state index >= 15 is 0 Å². The van der Waals surface area contributed by atoms with Crippen molar-refractivity contribution in [1.29, 1.82) is 0 Å². The number of ether oxygens (including phenoxy) is 2. The SMILES string of the molecule is COc1ccc(OC)c(C(C)(C)CNC(N)=O)c1. The molecule has 1 aromatic rings. The van der Waals surface area contributed by atoms with Gasteiger partial charge in [0.05, 0.1) is 14.2 Å². The first kappa shape index (κ1) is 14.2. The standard InChI is InChI=1S/C13H20N2O3/c1-13(2,8-15-12(14)16)10-7-9(17-3)5-6-11(10)18-4/h5-7H,8H2,1-4H3,(H3,14,15,16). The zero-order valence-electron chi connectivity index (χ0n) is 11.2. The van der Waals surface area contributed by atoms with E-state index in [0.717, 1.165) is 17.1 Å². The van der Waals surface area contributed by atoms with Gasteiger partial charge in [0.2, 0.25) is 0 Å². The van der Waals surface area contributed by atoms with Gasteiger partial charge in [-0.2, -0.15) is 0 Å². The molecule has 1 rings (SSSR count). The van der Waals surface area contributed by atoms with Crippen molar-refractivity contribution in [2.24, 2.45) is 5.73 Å². The number of carbonyl (C=O) groups is 1. The predicted molar refractivity (Wildman–Crippen MR) is 70.2 cm³/mol. The largest absolute Gasteiger partial charge is 0.497 e. The molecule has 100 valence electrons. The summed E-state index contributed by atoms with van der Waals surface area (Å²) >= 11 is 0. The number of nitrogens with two attached hydrogens (primary N) is 1. The van der Waals surface area contributed by atoms with E-state index in [1.165, 1.54) is 0 Å². The van der Waals surface area contributed by atoms with Crippen LogP contribution < -0.4 is 20.5 Å². The molecule has 0 aliphatic heterocycles. The highest BCUT2D eigenvalue weighted by Crippen LogP contribution is 2.34. The van der Waals surface area contributed by atoms with Gasteiger partial charge in [0, 0.05) is 17.5 Å². The summed E-state index contributed by atoms with van der Waals surface area (Å²) in [5, 5.41) is 2.62. The van der Waals surface area contributed by atoms with E-state index in [9.17, 15) is 4.79 Å². The number of carbonyl (C=O) groups excluding carboxylic acids is 1. The number of primary amides is 1. The molecule has 0 fully saturated rings. The fourth-order valence-corrected chi connectivity index (χ4v) is 1.75. The van der Waals surface area contributed by atoms with Gasteiger partial charge in [-0.15, -0.1) is 0 Å². The third kappa shape index (κ3) is 3.29. The highest BCUT2D eigenvalue weighted by atomic mass is 16.5. The Morgan fingerprint density at radius 2 is 2.00 bits per heavy atom. The van der Waals surface area contributed by atoms with Crippen LogP contribution in [0, 0.1) is 0 Å². The molecule has 0 aliphatic rings. The van der Waals surface area contributed by atoms with Gasteiger partial charge in [-0.05, 0) is 18.2 Å². The molecule has 0 saturated carbocycles. The maximum atomic E-state index is 10.8. The van der Waals surface area contributed by atoms with Crippen molar-refractivity contribution < 1.29 is 14.3 Å². The van der Waals surface area contributed by atoms with Crippen LogP contribution in [0.4, 0.5) is 4.79 Å². The molecule has 3 N–H and O–H groups in total. The molecule has 18 heavy (non-hydrogen) atoms. The molecule has 0 bridgehead atoms. The normalized spacial score (nSPS) is 10.9. The van der Waals surface area contributed by atoms with Crippen molar-refractivity contribution in [3.63, 3.8) is 0 Å². The Kier molecular flexibility index (Phi) is 4.42. The van der Waals surface area contributed by atoms with Gasteiger partial charge in [0.15, 0.2) is 0 Å². The summed E-state index contributed by atoms with van der Waals surface area (Å²) < 4.78 is 10.5. The van der Waals surface area contributed by atoms with Gasteiger partial charge < -0.3 is 20.5 Å². The average Bonchev–Trinajstić information content (AvgIpc) is 2.35. The number of hydrogen-bond donors (Lipinski definition) is 2. The number of hydrogen-bond acceptors (Lipinski definition) is 3. The number of methoxy groups -OCH3 is 2. The molecular formula is C13H20N2O3. The van der Waals surface area contributed by atoms with Crippen molar-refractivity contribution in [1.82, 2.24) is 5.32 Å². The van der Waals surface area contributed by atoms with Crippen LogP contribution in [0.25, 0.3) is 0 Å². The lowest BCUT2D eigenvalue weighted by Gasteiger charge is -2.27. The minimum Gasteiger partial charge on any atom is -0.497 e. The molecule has 5 nitrogen and oxygen atoms in total. The summed E-state index contributed by atoms with van der Waals surface area (Å²) in [4.78, 5) is 10.8. The molecule has 0 heterocycles. The number of rotatable bonds is 5. The second-order valence-electron chi connectivity index (χ2n) is 4.67. The Morgan fingerprint density at radius 3 is 2.50 bits per heavy atom. The van der Waals surface area contributed by atoms with Crippen molar-refractivity contribution in [3.8, 4) is 11.5 Å². The highest BCUT2D eigenvalue weighted by Gasteiger charge is 2.25. The summed E-state index contributed by atoms with van der Waals surface area (Å²) in [6.07, 6.45) is 0. The van der Waals surface area contributed by atoms with Crippen molar-refractivity contribution in [2.75, 3.05) is 20.8 Å². The van der Waals surface area contributed by atoms with E-state index in [2.05, 4.69) is 5.32 Å². The van der Waals surface area contributed by atoms with Crippen LogP contribution in [0.3, 0.4) is 0 Å². The second kappa shape index (κ2) is 5.62. The molecular weight excluding hydrogens is 232 g/mol. The van der Waals surface area contributed by atoms with E-state index in [1.807, 2.05) is 32.0 Å². The fourth-order valence-electron chi connectivity index (χ4n) is 1.75. The first-order chi connectivity index (χ1) is 8.40. The van der Waals surface area contributed by atoms with Crippen LogP contribution in [0.15, 0.2) is 18.2 Å². The fraction of sp³-hybridized carbons (Fsp3) is 0.462. The monoisotopic (exact) mass is 252 g/mol. The summed E-state index contributed by atoms with van der Waals surface area (Å²) in [6.45, 7) is 4.42. The zero-order chi connectivity index (χ0) is 13.8. The number of urea groups is 1. The van der Waals surface area contributed by atoms with Crippen molar-refractivity contribution >= 4 is 6.03 Å². The molecule has 0 spiro atoms. The van der Waals surface area contributed by atoms with Crippen LogP contribution in [-0.4, -0.2) is 26.8 Å². The summed E-state index contributed by atoms with van der Waals surface area (Å²) in [6, 6.07) is 5.05. The maximum Gasteiger partial charge on any atom is 0.312 e. The molecule has 0 unspecified atom stereocenters. The van der Waals surface area contributed by atoms with Crippen molar-refractivity contribution in [3.05, 3.63) is 23.8 Å². The maximum absolute atomic E-state index is 10.8. The van der Waals surface area contributed by atoms with Gasteiger partial charge in [0.1, 0.15) is 11.5 Å². The number of amides is 2. The second-order valence-corrected chi connectivity index (χ2v) is 4.67. The lowest BCUT2D eigenvalue weighted by atomic mass is 9.83. The van der Waals surface area contributed by atoms with E-state index in [1.54, 1.807) is 14.2 Å². The summed E-state index contributed by atoms with van der Waals surface area (Å²) in [5.41, 5.74) is 5.74. The van der Waals surface area contributed by atoms with Gasteiger partial charge >= 0.3 is 6.03 Å². The first-order valence-corrected chi connectivity index (χ1v) is 5.66. The van der Waals surface area contributed by atoms with Gasteiger partial charge in [-0.3, -0.25) is 0 Å². The van der Waals surface area contributed by atoms with E-state index in [-0.39, 0.29) is 5.41 Å². The van der Waals surface area contributed by atoms with Gasteiger partial charge in [0.25, 0.3) is 0 Å². The molecule has 5 heteroatoms. The van der Waals surface area contributed by atoms with E-state index in [0.29, 0.717) is 6.54 Å². The lowest BCUT2D eigenvalue weighted by molar-refractivity contribution is 0.246. The Bertz CT molecular complexity index is 430. The smallest absolute Gasteiger partial charge is 0.312 e. The highest BCUT2D eigenvalue weighted by molar-refractivity contribution is 5.71. The van der Waals surface area contributed by atoms with Crippen LogP contribution in [0.1, 0.15) is 19.4 Å². The molecule has 0 aromatic heterocycles. The molecule has 2 amide bonds.